The molecule has 1 unspecified atom stereocenters. The number of thioether (sulfide) groups is 1. The maximum Gasteiger partial charge on any atom is 0.321 e. The van der Waals surface area contributed by atoms with Gasteiger partial charge in [0.15, 0.2) is 0 Å². The molecule has 1 atom stereocenters. The summed E-state index contributed by atoms with van der Waals surface area (Å²) in [4.78, 5) is 37.2. The van der Waals surface area contributed by atoms with Crippen molar-refractivity contribution in [3.05, 3.63) is 54.1 Å². The number of unbranched alkanes of at least 4 members (excludes halogenated alkanes) is 4. The molecule has 1 saturated heterocycles. The summed E-state index contributed by atoms with van der Waals surface area (Å²) in [7, 11) is 1.78. The second kappa shape index (κ2) is 11.7. The van der Waals surface area contributed by atoms with Crippen molar-refractivity contribution in [2.75, 3.05) is 18.5 Å². The van der Waals surface area contributed by atoms with Crippen molar-refractivity contribution in [1.29, 1.82) is 0 Å². The van der Waals surface area contributed by atoms with Gasteiger partial charge in [0.25, 0.3) is 5.24 Å². The molecule has 4 amide bonds. The average molecular weight is 454 g/mol. The van der Waals surface area contributed by atoms with Crippen molar-refractivity contribution in [3.63, 3.8) is 0 Å². The summed E-state index contributed by atoms with van der Waals surface area (Å²) in [6.07, 6.45) is 6.34. The standard InChI is InChI=1S/C25H31N3O3S/c1-3-4-5-6-7-15-26-24(30)28(2)21-10-8-9-20(17-21)19-13-11-18(12-14-19)16-22-23(29)27-25(31)32-22/h8-14,17,22H,3-7,15-16H2,1-2H3,(H,26,30)(H,27,29,31). The van der Waals surface area contributed by atoms with Gasteiger partial charge in [0.2, 0.25) is 5.91 Å². The summed E-state index contributed by atoms with van der Waals surface area (Å²) < 4.78 is 0. The van der Waals surface area contributed by atoms with Crippen LogP contribution in [-0.2, 0) is 11.2 Å². The van der Waals surface area contributed by atoms with Gasteiger partial charge in [-0.25, -0.2) is 4.79 Å². The Bertz CT molecular complexity index is 946. The van der Waals surface area contributed by atoms with Crippen LogP contribution in [0, 0.1) is 0 Å². The predicted octanol–water partition coefficient (Wildman–Crippen LogP) is 5.36. The Balaban J connectivity index is 1.57. The van der Waals surface area contributed by atoms with E-state index in [-0.39, 0.29) is 22.4 Å². The number of rotatable bonds is 10. The Hall–Kier alpha value is -2.80. The Kier molecular flexibility index (Phi) is 8.73. The van der Waals surface area contributed by atoms with E-state index in [0.717, 1.165) is 47.0 Å². The number of hydrogen-bond donors (Lipinski definition) is 2. The molecule has 32 heavy (non-hydrogen) atoms. The first-order valence-electron chi connectivity index (χ1n) is 11.2. The summed E-state index contributed by atoms with van der Waals surface area (Å²) in [6, 6.07) is 15.7. The minimum atomic E-state index is -0.365. The van der Waals surface area contributed by atoms with E-state index in [4.69, 9.17) is 0 Å². The quantitative estimate of drug-likeness (QED) is 0.475. The smallest absolute Gasteiger partial charge is 0.321 e. The Labute approximate surface area is 194 Å². The lowest BCUT2D eigenvalue weighted by molar-refractivity contribution is -0.118. The molecule has 1 aliphatic heterocycles. The molecule has 6 nitrogen and oxygen atoms in total. The first-order chi connectivity index (χ1) is 15.5. The molecule has 2 aromatic carbocycles. The molecule has 7 heteroatoms. The van der Waals surface area contributed by atoms with Gasteiger partial charge in [0.1, 0.15) is 0 Å². The number of nitrogens with zero attached hydrogens (tertiary/aromatic N) is 1. The van der Waals surface area contributed by atoms with E-state index < -0.39 is 0 Å². The van der Waals surface area contributed by atoms with E-state index in [1.165, 1.54) is 19.3 Å². The zero-order valence-corrected chi connectivity index (χ0v) is 19.5. The monoisotopic (exact) mass is 453 g/mol. The van der Waals surface area contributed by atoms with E-state index in [1.54, 1.807) is 11.9 Å². The van der Waals surface area contributed by atoms with Crippen molar-refractivity contribution in [3.8, 4) is 11.1 Å². The average Bonchev–Trinajstić information content (AvgIpc) is 3.12. The van der Waals surface area contributed by atoms with Crippen molar-refractivity contribution in [2.45, 2.75) is 50.7 Å². The first-order valence-corrected chi connectivity index (χ1v) is 12.1. The van der Waals surface area contributed by atoms with Gasteiger partial charge in [-0.2, -0.15) is 0 Å². The molecule has 0 bridgehead atoms. The summed E-state index contributed by atoms with van der Waals surface area (Å²) in [5.74, 6) is -0.223. The molecule has 1 heterocycles. The van der Waals surface area contributed by atoms with Crippen molar-refractivity contribution in [2.24, 2.45) is 0 Å². The highest BCUT2D eigenvalue weighted by Crippen LogP contribution is 2.27. The third-order valence-corrected chi connectivity index (χ3v) is 6.55. The maximum atomic E-state index is 12.5. The molecule has 0 saturated carbocycles. The van der Waals surface area contributed by atoms with Crippen molar-refractivity contribution >= 4 is 34.6 Å². The Morgan fingerprint density at radius 3 is 2.47 bits per heavy atom. The third-order valence-electron chi connectivity index (χ3n) is 5.57. The minimum absolute atomic E-state index is 0.102. The minimum Gasteiger partial charge on any atom is -0.338 e. The van der Waals surface area contributed by atoms with Crippen LogP contribution in [0.2, 0.25) is 0 Å². The highest BCUT2D eigenvalue weighted by atomic mass is 32.2. The number of anilines is 1. The molecule has 1 aliphatic rings. The lowest BCUT2D eigenvalue weighted by Crippen LogP contribution is -2.37. The van der Waals surface area contributed by atoms with Crippen LogP contribution in [-0.4, -0.2) is 36.0 Å². The van der Waals surface area contributed by atoms with Crippen LogP contribution in [0.1, 0.15) is 44.6 Å². The van der Waals surface area contributed by atoms with Crippen LogP contribution in [0.25, 0.3) is 11.1 Å². The van der Waals surface area contributed by atoms with Crippen LogP contribution in [0.3, 0.4) is 0 Å². The highest BCUT2D eigenvalue weighted by Gasteiger charge is 2.31. The van der Waals surface area contributed by atoms with Gasteiger partial charge < -0.3 is 5.32 Å². The SMILES string of the molecule is CCCCCCCNC(=O)N(C)c1cccc(-c2ccc(CC3SC(=O)NC3=O)cc2)c1. The first kappa shape index (κ1) is 23.9. The number of nitrogens with one attached hydrogen (secondary N) is 2. The summed E-state index contributed by atoms with van der Waals surface area (Å²) >= 11 is 1.04. The number of carbonyl (C=O) groups is 3. The molecule has 2 N–H and O–H groups in total. The lowest BCUT2D eigenvalue weighted by Gasteiger charge is -2.19. The molecule has 0 spiro atoms. The fraction of sp³-hybridized carbons (Fsp3) is 0.400. The molecular formula is C25H31N3O3S. The largest absolute Gasteiger partial charge is 0.338 e. The third kappa shape index (κ3) is 6.60. The molecule has 0 aliphatic carbocycles. The van der Waals surface area contributed by atoms with Crippen LogP contribution >= 0.6 is 11.8 Å². The highest BCUT2D eigenvalue weighted by molar-refractivity contribution is 8.15. The van der Waals surface area contributed by atoms with Gasteiger partial charge in [0.05, 0.1) is 5.25 Å². The summed E-state index contributed by atoms with van der Waals surface area (Å²) in [5, 5.41) is 4.67. The van der Waals surface area contributed by atoms with E-state index in [0.29, 0.717) is 13.0 Å². The number of urea groups is 1. The zero-order chi connectivity index (χ0) is 22.9. The molecule has 0 radical (unpaired) electrons. The molecule has 170 valence electrons. The lowest BCUT2D eigenvalue weighted by atomic mass is 10.0. The maximum absolute atomic E-state index is 12.5. The number of hydrogen-bond acceptors (Lipinski definition) is 4. The second-order valence-electron chi connectivity index (χ2n) is 8.04. The van der Waals surface area contributed by atoms with E-state index in [9.17, 15) is 14.4 Å². The van der Waals surface area contributed by atoms with Gasteiger partial charge in [-0.05, 0) is 41.7 Å². The Morgan fingerprint density at radius 1 is 1.03 bits per heavy atom. The van der Waals surface area contributed by atoms with Crippen molar-refractivity contribution < 1.29 is 14.4 Å². The van der Waals surface area contributed by atoms with Gasteiger partial charge in [-0.15, -0.1) is 0 Å². The van der Waals surface area contributed by atoms with Gasteiger partial charge in [-0.1, -0.05) is 80.8 Å². The zero-order valence-electron chi connectivity index (χ0n) is 18.7. The number of carbonyl (C=O) groups excluding carboxylic acids is 3. The molecule has 3 rings (SSSR count). The predicted molar refractivity (Wildman–Crippen MR) is 131 cm³/mol. The topological polar surface area (TPSA) is 78.5 Å². The van der Waals surface area contributed by atoms with Crippen LogP contribution < -0.4 is 15.5 Å². The van der Waals surface area contributed by atoms with Gasteiger partial charge in [-0.3, -0.25) is 19.8 Å². The van der Waals surface area contributed by atoms with Crippen molar-refractivity contribution in [1.82, 2.24) is 10.6 Å². The van der Waals surface area contributed by atoms with Crippen LogP contribution in [0.15, 0.2) is 48.5 Å². The van der Waals surface area contributed by atoms with E-state index in [1.807, 2.05) is 48.5 Å². The van der Waals surface area contributed by atoms with Crippen LogP contribution in [0.4, 0.5) is 15.3 Å². The number of benzene rings is 2. The van der Waals surface area contributed by atoms with Gasteiger partial charge >= 0.3 is 6.03 Å². The Morgan fingerprint density at radius 2 is 1.78 bits per heavy atom. The van der Waals surface area contributed by atoms with E-state index in [2.05, 4.69) is 17.6 Å². The molecule has 2 aromatic rings. The molecule has 1 fully saturated rings. The van der Waals surface area contributed by atoms with Gasteiger partial charge in [0, 0.05) is 19.3 Å². The number of imide groups is 1. The summed E-state index contributed by atoms with van der Waals surface area (Å²) in [5.41, 5.74) is 3.87. The second-order valence-corrected chi connectivity index (χ2v) is 9.22. The summed E-state index contributed by atoms with van der Waals surface area (Å²) in [6.45, 7) is 2.88. The fourth-order valence-electron chi connectivity index (χ4n) is 3.63. The molecular weight excluding hydrogens is 422 g/mol. The fourth-order valence-corrected chi connectivity index (χ4v) is 4.49. The molecule has 0 aromatic heterocycles. The van der Waals surface area contributed by atoms with Crippen LogP contribution in [0.5, 0.6) is 0 Å². The van der Waals surface area contributed by atoms with E-state index >= 15 is 0 Å². The number of amides is 4. The normalized spacial score (nSPS) is 15.5.